The van der Waals surface area contributed by atoms with Crippen LogP contribution in [-0.4, -0.2) is 49.1 Å². The fraction of sp³-hybridized carbons (Fsp3) is 0.571. The van der Waals surface area contributed by atoms with Crippen LogP contribution in [0.3, 0.4) is 0 Å². The summed E-state index contributed by atoms with van der Waals surface area (Å²) in [6.45, 7) is -0.180. The third-order valence-electron chi connectivity index (χ3n) is 6.37. The zero-order valence-corrected chi connectivity index (χ0v) is 17.6. The SMILES string of the molecule is O=C(CCN1C(=O)c2ccccc2S1(=O)=O)NC1CCC(C(=O)NC2CCC2)CC1. The van der Waals surface area contributed by atoms with E-state index in [1.165, 1.54) is 18.6 Å². The number of benzene rings is 1. The first-order chi connectivity index (χ1) is 14.4. The van der Waals surface area contributed by atoms with Crippen molar-refractivity contribution in [1.82, 2.24) is 14.9 Å². The van der Waals surface area contributed by atoms with Crippen LogP contribution in [0.5, 0.6) is 0 Å². The Labute approximate surface area is 176 Å². The van der Waals surface area contributed by atoms with Crippen molar-refractivity contribution in [3.05, 3.63) is 29.8 Å². The lowest BCUT2D eigenvalue weighted by molar-refractivity contribution is -0.127. The summed E-state index contributed by atoms with van der Waals surface area (Å²) in [5, 5.41) is 6.02. The van der Waals surface area contributed by atoms with E-state index < -0.39 is 15.9 Å². The Morgan fingerprint density at radius 2 is 1.63 bits per heavy atom. The molecule has 2 saturated carbocycles. The van der Waals surface area contributed by atoms with Gasteiger partial charge in [-0.05, 0) is 57.1 Å². The number of nitrogens with one attached hydrogen (secondary N) is 2. The minimum absolute atomic E-state index is 0.00428. The molecule has 1 heterocycles. The van der Waals surface area contributed by atoms with Gasteiger partial charge in [0.25, 0.3) is 15.9 Å². The molecule has 2 N–H and O–H groups in total. The zero-order chi connectivity index (χ0) is 21.3. The molecule has 0 radical (unpaired) electrons. The van der Waals surface area contributed by atoms with Crippen molar-refractivity contribution in [3.63, 3.8) is 0 Å². The highest BCUT2D eigenvalue weighted by atomic mass is 32.2. The van der Waals surface area contributed by atoms with E-state index in [0.29, 0.717) is 6.04 Å². The second kappa shape index (κ2) is 8.37. The highest BCUT2D eigenvalue weighted by Gasteiger charge is 2.40. The molecule has 0 unspecified atom stereocenters. The summed E-state index contributed by atoms with van der Waals surface area (Å²) >= 11 is 0. The van der Waals surface area contributed by atoms with Crippen molar-refractivity contribution in [2.45, 2.75) is 68.3 Å². The van der Waals surface area contributed by atoms with E-state index >= 15 is 0 Å². The van der Waals surface area contributed by atoms with E-state index in [4.69, 9.17) is 0 Å². The Hall–Kier alpha value is -2.42. The van der Waals surface area contributed by atoms with E-state index in [9.17, 15) is 22.8 Å². The molecule has 2 fully saturated rings. The van der Waals surface area contributed by atoms with Gasteiger partial charge < -0.3 is 10.6 Å². The maximum absolute atomic E-state index is 12.5. The van der Waals surface area contributed by atoms with Crippen molar-refractivity contribution in [3.8, 4) is 0 Å². The maximum atomic E-state index is 12.5. The summed E-state index contributed by atoms with van der Waals surface area (Å²) in [5.41, 5.74) is 0.149. The minimum Gasteiger partial charge on any atom is -0.353 e. The van der Waals surface area contributed by atoms with Gasteiger partial charge in [0.2, 0.25) is 11.8 Å². The molecule has 162 valence electrons. The third kappa shape index (κ3) is 4.08. The highest BCUT2D eigenvalue weighted by molar-refractivity contribution is 7.90. The van der Waals surface area contributed by atoms with Gasteiger partial charge >= 0.3 is 0 Å². The lowest BCUT2D eigenvalue weighted by atomic mass is 9.84. The average Bonchev–Trinajstić information content (AvgIpc) is 2.89. The molecule has 3 aliphatic rings. The molecule has 1 aromatic carbocycles. The minimum atomic E-state index is -3.89. The van der Waals surface area contributed by atoms with Gasteiger partial charge in [0.05, 0.1) is 5.56 Å². The van der Waals surface area contributed by atoms with Crippen LogP contribution in [0.2, 0.25) is 0 Å². The number of nitrogens with zero attached hydrogens (tertiary/aromatic N) is 1. The van der Waals surface area contributed by atoms with Crippen molar-refractivity contribution in [1.29, 1.82) is 0 Å². The Bertz CT molecular complexity index is 949. The fourth-order valence-corrected chi connectivity index (χ4v) is 5.90. The third-order valence-corrected chi connectivity index (χ3v) is 8.21. The molecule has 9 heteroatoms. The number of carbonyl (C=O) groups excluding carboxylic acids is 3. The molecule has 30 heavy (non-hydrogen) atoms. The smallest absolute Gasteiger partial charge is 0.269 e. The van der Waals surface area contributed by atoms with Crippen LogP contribution in [0, 0.1) is 5.92 Å². The van der Waals surface area contributed by atoms with Gasteiger partial charge in [0.1, 0.15) is 4.90 Å². The first kappa shape index (κ1) is 20.8. The molecule has 3 amide bonds. The predicted octanol–water partition coefficient (Wildman–Crippen LogP) is 1.56. The van der Waals surface area contributed by atoms with Crippen LogP contribution in [0.15, 0.2) is 29.2 Å². The van der Waals surface area contributed by atoms with Crippen molar-refractivity contribution >= 4 is 27.7 Å². The number of carbonyl (C=O) groups is 3. The second-order valence-electron chi connectivity index (χ2n) is 8.38. The van der Waals surface area contributed by atoms with E-state index in [2.05, 4.69) is 10.6 Å². The second-order valence-corrected chi connectivity index (χ2v) is 10.2. The normalized spacial score (nSPS) is 25.3. The summed E-state index contributed by atoms with van der Waals surface area (Å²) < 4.78 is 25.8. The van der Waals surface area contributed by atoms with Crippen molar-refractivity contribution in [2.75, 3.05) is 6.54 Å². The van der Waals surface area contributed by atoms with Crippen LogP contribution in [-0.2, 0) is 19.6 Å². The summed E-state index contributed by atoms with van der Waals surface area (Å²) in [4.78, 5) is 37.0. The first-order valence-electron chi connectivity index (χ1n) is 10.6. The molecule has 8 nitrogen and oxygen atoms in total. The molecule has 0 spiro atoms. The zero-order valence-electron chi connectivity index (χ0n) is 16.8. The summed E-state index contributed by atoms with van der Waals surface area (Å²) in [7, 11) is -3.89. The maximum Gasteiger partial charge on any atom is 0.269 e. The Morgan fingerprint density at radius 1 is 0.967 bits per heavy atom. The number of amides is 3. The van der Waals surface area contributed by atoms with Gasteiger partial charge in [-0.15, -0.1) is 0 Å². The molecule has 0 aromatic heterocycles. The lowest BCUT2D eigenvalue weighted by Gasteiger charge is -2.32. The van der Waals surface area contributed by atoms with Gasteiger partial charge in [-0.2, -0.15) is 0 Å². The van der Waals surface area contributed by atoms with Crippen LogP contribution in [0.4, 0.5) is 0 Å². The monoisotopic (exact) mass is 433 g/mol. The number of hydrogen-bond acceptors (Lipinski definition) is 5. The predicted molar refractivity (Wildman–Crippen MR) is 109 cm³/mol. The molecule has 1 aromatic rings. The molecular weight excluding hydrogens is 406 g/mol. The van der Waals surface area contributed by atoms with Crippen LogP contribution in [0.25, 0.3) is 0 Å². The van der Waals surface area contributed by atoms with Gasteiger partial charge in [0.15, 0.2) is 0 Å². The molecule has 4 rings (SSSR count). The molecular formula is C21H27N3O5S. The van der Waals surface area contributed by atoms with Gasteiger partial charge in [-0.3, -0.25) is 14.4 Å². The van der Waals surface area contributed by atoms with Crippen LogP contribution >= 0.6 is 0 Å². The number of rotatable bonds is 6. The molecule has 1 aliphatic heterocycles. The molecule has 2 aliphatic carbocycles. The van der Waals surface area contributed by atoms with E-state index in [1.807, 2.05) is 0 Å². The number of hydrogen-bond donors (Lipinski definition) is 2. The molecule has 0 saturated heterocycles. The van der Waals surface area contributed by atoms with Gasteiger partial charge in [-0.1, -0.05) is 12.1 Å². The van der Waals surface area contributed by atoms with E-state index in [1.54, 1.807) is 12.1 Å². The summed E-state index contributed by atoms with van der Waals surface area (Å²) in [6.07, 6.45) is 6.15. The average molecular weight is 434 g/mol. The Kier molecular flexibility index (Phi) is 5.81. The lowest BCUT2D eigenvalue weighted by Crippen LogP contribution is -2.45. The molecule has 0 atom stereocenters. The van der Waals surface area contributed by atoms with Gasteiger partial charge in [0, 0.05) is 31.0 Å². The Balaban J connectivity index is 1.23. The summed E-state index contributed by atoms with van der Waals surface area (Å²) in [5.74, 6) is -0.737. The van der Waals surface area contributed by atoms with Crippen molar-refractivity contribution < 1.29 is 22.8 Å². The fourth-order valence-electron chi connectivity index (χ4n) is 4.33. The molecule has 0 bridgehead atoms. The topological polar surface area (TPSA) is 113 Å². The van der Waals surface area contributed by atoms with Crippen LogP contribution in [0.1, 0.15) is 61.7 Å². The quantitative estimate of drug-likeness (QED) is 0.707. The number of sulfonamides is 1. The van der Waals surface area contributed by atoms with Gasteiger partial charge in [-0.25, -0.2) is 12.7 Å². The largest absolute Gasteiger partial charge is 0.353 e. The standard InChI is InChI=1S/C21H27N3O5S/c25-19(12-13-24-21(27)17-6-1-2-7-18(17)30(24,28)29)22-16-10-8-14(9-11-16)20(26)23-15-4-3-5-15/h1-2,6-7,14-16H,3-5,8-13H2,(H,22,25)(H,23,26). The van der Waals surface area contributed by atoms with Crippen LogP contribution < -0.4 is 10.6 Å². The van der Waals surface area contributed by atoms with Crippen molar-refractivity contribution in [2.24, 2.45) is 5.92 Å². The van der Waals surface area contributed by atoms with E-state index in [0.717, 1.165) is 42.8 Å². The summed E-state index contributed by atoms with van der Waals surface area (Å²) in [6, 6.07) is 6.39. The highest BCUT2D eigenvalue weighted by Crippen LogP contribution is 2.30. The Morgan fingerprint density at radius 3 is 2.27 bits per heavy atom. The van der Waals surface area contributed by atoms with E-state index in [-0.39, 0.29) is 47.2 Å². The first-order valence-corrected chi connectivity index (χ1v) is 12.1. The number of fused-ring (bicyclic) bond motifs is 1.